The number of piperidine rings is 1. The number of nitrogens with one attached hydrogen (secondary N) is 1. The van der Waals surface area contributed by atoms with Gasteiger partial charge in [-0.05, 0) is 31.0 Å². The van der Waals surface area contributed by atoms with Crippen molar-refractivity contribution >= 4 is 15.9 Å². The number of sulfonamides is 1. The number of nitrogens with zero attached hydrogens (tertiary/aromatic N) is 2. The molecule has 1 saturated heterocycles. The SMILES string of the molecule is O=C(NCc1ccccn1)C1CCN(S(=O)(=O)Cc2ccccc2F)CC1. The first-order chi connectivity index (χ1) is 13.0. The molecule has 0 radical (unpaired) electrons. The van der Waals surface area contributed by atoms with Gasteiger partial charge in [0.15, 0.2) is 0 Å². The van der Waals surface area contributed by atoms with Gasteiger partial charge in [-0.15, -0.1) is 0 Å². The van der Waals surface area contributed by atoms with Gasteiger partial charge < -0.3 is 5.32 Å². The van der Waals surface area contributed by atoms with Gasteiger partial charge in [-0.1, -0.05) is 24.3 Å². The standard InChI is InChI=1S/C19H22FN3O3S/c20-18-7-2-1-5-16(18)14-27(25,26)23-11-8-15(9-12-23)19(24)22-13-17-6-3-4-10-21-17/h1-7,10,15H,8-9,11-14H2,(H,22,24). The summed E-state index contributed by atoms with van der Waals surface area (Å²) in [6, 6.07) is 11.4. The van der Waals surface area contributed by atoms with Gasteiger partial charge in [0.25, 0.3) is 0 Å². The molecule has 0 bridgehead atoms. The zero-order chi connectivity index (χ0) is 19.3. The van der Waals surface area contributed by atoms with Gasteiger partial charge in [-0.25, -0.2) is 17.1 Å². The molecule has 1 N–H and O–H groups in total. The van der Waals surface area contributed by atoms with Gasteiger partial charge in [-0.2, -0.15) is 0 Å². The minimum atomic E-state index is -3.61. The number of hydrogen-bond donors (Lipinski definition) is 1. The molecule has 27 heavy (non-hydrogen) atoms. The summed E-state index contributed by atoms with van der Waals surface area (Å²) in [5.41, 5.74) is 0.934. The smallest absolute Gasteiger partial charge is 0.223 e. The lowest BCUT2D eigenvalue weighted by atomic mass is 9.97. The van der Waals surface area contributed by atoms with Crippen LogP contribution < -0.4 is 5.32 Å². The molecular weight excluding hydrogens is 369 g/mol. The van der Waals surface area contributed by atoms with Crippen LogP contribution >= 0.6 is 0 Å². The Morgan fingerprint density at radius 2 is 1.85 bits per heavy atom. The van der Waals surface area contributed by atoms with E-state index < -0.39 is 15.8 Å². The van der Waals surface area contributed by atoms with E-state index in [1.54, 1.807) is 12.3 Å². The molecule has 3 rings (SSSR count). The zero-order valence-corrected chi connectivity index (χ0v) is 15.7. The van der Waals surface area contributed by atoms with Crippen LogP contribution in [0.5, 0.6) is 0 Å². The van der Waals surface area contributed by atoms with Gasteiger partial charge in [0.05, 0.1) is 18.0 Å². The fourth-order valence-electron chi connectivity index (χ4n) is 3.12. The molecule has 1 aromatic carbocycles. The number of hydrogen-bond acceptors (Lipinski definition) is 4. The summed E-state index contributed by atoms with van der Waals surface area (Å²) in [6.45, 7) is 0.877. The second-order valence-electron chi connectivity index (χ2n) is 6.56. The van der Waals surface area contributed by atoms with Crippen molar-refractivity contribution in [2.75, 3.05) is 13.1 Å². The van der Waals surface area contributed by atoms with Crippen LogP contribution in [0.15, 0.2) is 48.7 Å². The minimum absolute atomic E-state index is 0.0909. The molecule has 144 valence electrons. The third kappa shape index (κ3) is 5.11. The Balaban J connectivity index is 1.52. The van der Waals surface area contributed by atoms with E-state index in [1.807, 2.05) is 18.2 Å². The predicted molar refractivity (Wildman–Crippen MR) is 99.4 cm³/mol. The van der Waals surface area contributed by atoms with Crippen LogP contribution in [0.1, 0.15) is 24.1 Å². The molecule has 2 aromatic rings. The van der Waals surface area contributed by atoms with Crippen molar-refractivity contribution in [3.8, 4) is 0 Å². The summed E-state index contributed by atoms with van der Waals surface area (Å²) in [6.07, 6.45) is 2.56. The fraction of sp³-hybridized carbons (Fsp3) is 0.368. The molecule has 0 atom stereocenters. The van der Waals surface area contributed by atoms with Gasteiger partial charge in [0, 0.05) is 30.8 Å². The monoisotopic (exact) mass is 391 g/mol. The highest BCUT2D eigenvalue weighted by molar-refractivity contribution is 7.88. The van der Waals surface area contributed by atoms with Crippen molar-refractivity contribution in [2.24, 2.45) is 5.92 Å². The Labute approximate surface area is 158 Å². The summed E-state index contributed by atoms with van der Waals surface area (Å²) in [5, 5.41) is 2.85. The van der Waals surface area contributed by atoms with Crippen LogP contribution in [-0.2, 0) is 27.1 Å². The van der Waals surface area contributed by atoms with Crippen molar-refractivity contribution in [2.45, 2.75) is 25.1 Å². The first-order valence-corrected chi connectivity index (χ1v) is 10.5. The van der Waals surface area contributed by atoms with Crippen molar-refractivity contribution in [1.29, 1.82) is 0 Å². The Morgan fingerprint density at radius 3 is 2.52 bits per heavy atom. The van der Waals surface area contributed by atoms with Crippen molar-refractivity contribution < 1.29 is 17.6 Å². The number of carbonyl (C=O) groups excluding carboxylic acids is 1. The van der Waals surface area contributed by atoms with Crippen molar-refractivity contribution in [1.82, 2.24) is 14.6 Å². The Morgan fingerprint density at radius 1 is 1.15 bits per heavy atom. The molecule has 6 nitrogen and oxygen atoms in total. The van der Waals surface area contributed by atoms with E-state index in [0.29, 0.717) is 19.4 Å². The molecule has 0 unspecified atom stereocenters. The average molecular weight is 391 g/mol. The highest BCUT2D eigenvalue weighted by atomic mass is 32.2. The third-order valence-electron chi connectivity index (χ3n) is 4.68. The molecule has 1 aromatic heterocycles. The minimum Gasteiger partial charge on any atom is -0.350 e. The molecule has 1 fully saturated rings. The lowest BCUT2D eigenvalue weighted by molar-refractivity contribution is -0.126. The van der Waals surface area contributed by atoms with Gasteiger partial charge in [0.1, 0.15) is 5.82 Å². The maximum atomic E-state index is 13.7. The molecule has 1 aliphatic rings. The van der Waals surface area contributed by atoms with E-state index in [9.17, 15) is 17.6 Å². The number of carbonyl (C=O) groups is 1. The molecule has 0 spiro atoms. The Kier molecular flexibility index (Phi) is 6.18. The van der Waals surface area contributed by atoms with E-state index in [2.05, 4.69) is 10.3 Å². The van der Waals surface area contributed by atoms with Crippen LogP contribution in [0, 0.1) is 11.7 Å². The van der Waals surface area contributed by atoms with E-state index >= 15 is 0 Å². The number of halogens is 1. The lowest BCUT2D eigenvalue weighted by Gasteiger charge is -2.30. The average Bonchev–Trinajstić information content (AvgIpc) is 2.69. The number of benzene rings is 1. The quantitative estimate of drug-likeness (QED) is 0.818. The fourth-order valence-corrected chi connectivity index (χ4v) is 4.70. The molecule has 0 saturated carbocycles. The van der Waals surface area contributed by atoms with Crippen molar-refractivity contribution in [3.05, 3.63) is 65.7 Å². The second-order valence-corrected chi connectivity index (χ2v) is 8.53. The molecule has 1 amide bonds. The van der Waals surface area contributed by atoms with Crippen LogP contribution in [0.3, 0.4) is 0 Å². The maximum Gasteiger partial charge on any atom is 0.223 e. The first kappa shape index (κ1) is 19.4. The number of amides is 1. The molecular formula is C19H22FN3O3S. The largest absolute Gasteiger partial charge is 0.350 e. The second kappa shape index (κ2) is 8.58. The highest BCUT2D eigenvalue weighted by Crippen LogP contribution is 2.22. The lowest BCUT2D eigenvalue weighted by Crippen LogP contribution is -2.43. The van der Waals surface area contributed by atoms with Gasteiger partial charge in [-0.3, -0.25) is 9.78 Å². The molecule has 2 heterocycles. The van der Waals surface area contributed by atoms with E-state index in [-0.39, 0.29) is 36.2 Å². The summed E-state index contributed by atoms with van der Waals surface area (Å²) in [7, 11) is -3.61. The number of rotatable bonds is 6. The van der Waals surface area contributed by atoms with Crippen LogP contribution in [0.25, 0.3) is 0 Å². The maximum absolute atomic E-state index is 13.7. The topological polar surface area (TPSA) is 79.4 Å². The normalized spacial score (nSPS) is 16.2. The third-order valence-corrected chi connectivity index (χ3v) is 6.51. The zero-order valence-electron chi connectivity index (χ0n) is 14.8. The summed E-state index contributed by atoms with van der Waals surface area (Å²) in [4.78, 5) is 16.5. The highest BCUT2D eigenvalue weighted by Gasteiger charge is 2.31. The predicted octanol–water partition coefficient (Wildman–Crippen LogP) is 2.08. The van der Waals surface area contributed by atoms with Gasteiger partial charge in [0.2, 0.25) is 15.9 Å². The van der Waals surface area contributed by atoms with Crippen LogP contribution in [0.2, 0.25) is 0 Å². The van der Waals surface area contributed by atoms with Crippen LogP contribution in [0.4, 0.5) is 4.39 Å². The van der Waals surface area contributed by atoms with E-state index in [4.69, 9.17) is 0 Å². The summed E-state index contributed by atoms with van der Waals surface area (Å²) in [5.74, 6) is -1.21. The number of pyridine rings is 1. The van der Waals surface area contributed by atoms with E-state index in [1.165, 1.54) is 22.5 Å². The van der Waals surface area contributed by atoms with Crippen LogP contribution in [-0.4, -0.2) is 36.7 Å². The Bertz CT molecular complexity index is 882. The Hall–Kier alpha value is -2.32. The summed E-state index contributed by atoms with van der Waals surface area (Å²) >= 11 is 0. The van der Waals surface area contributed by atoms with Crippen molar-refractivity contribution in [3.63, 3.8) is 0 Å². The summed E-state index contributed by atoms with van der Waals surface area (Å²) < 4.78 is 40.2. The number of aromatic nitrogens is 1. The molecule has 0 aliphatic carbocycles. The molecule has 8 heteroatoms. The van der Waals surface area contributed by atoms with E-state index in [0.717, 1.165) is 5.69 Å². The molecule has 1 aliphatic heterocycles. The first-order valence-electron chi connectivity index (χ1n) is 8.84. The van der Waals surface area contributed by atoms with Gasteiger partial charge >= 0.3 is 0 Å².